The summed E-state index contributed by atoms with van der Waals surface area (Å²) in [4.78, 5) is 12.1. The molecule has 0 unspecified atom stereocenters. The molecule has 0 spiro atoms. The summed E-state index contributed by atoms with van der Waals surface area (Å²) in [6.07, 6.45) is 6.47. The summed E-state index contributed by atoms with van der Waals surface area (Å²) >= 11 is 5.86. The minimum absolute atomic E-state index is 0.0236. The number of hydrogen-bond donors (Lipinski definition) is 1. The van der Waals surface area contributed by atoms with E-state index in [0.29, 0.717) is 36.0 Å². The Morgan fingerprint density at radius 1 is 1.19 bits per heavy atom. The Bertz CT molecular complexity index is 647. The molecule has 0 fully saturated rings. The van der Waals surface area contributed by atoms with Crippen LogP contribution in [0.2, 0.25) is 5.02 Å². The van der Waals surface area contributed by atoms with E-state index in [4.69, 9.17) is 11.6 Å². The maximum Gasteiger partial charge on any atom is 0.232 e. The monoisotopic (exact) mass is 402 g/mol. The van der Waals surface area contributed by atoms with Gasteiger partial charge < -0.3 is 5.32 Å². The Morgan fingerprint density at radius 3 is 2.38 bits per heavy atom. The molecular weight excluding hydrogens is 372 g/mol. The molecule has 5 nitrogen and oxygen atoms in total. The van der Waals surface area contributed by atoms with Crippen LogP contribution in [0.25, 0.3) is 0 Å². The molecule has 0 heterocycles. The quantitative estimate of drug-likeness (QED) is 0.569. The number of anilines is 1. The summed E-state index contributed by atoms with van der Waals surface area (Å²) in [7, 11) is -3.41. The lowest BCUT2D eigenvalue weighted by Gasteiger charge is -2.22. The summed E-state index contributed by atoms with van der Waals surface area (Å²) in [5.74, 6) is 0.491. The molecule has 0 saturated heterocycles. The smallest absolute Gasteiger partial charge is 0.232 e. The first kappa shape index (κ1) is 22.8. The number of rotatable bonds is 12. The van der Waals surface area contributed by atoms with Crippen LogP contribution in [-0.4, -0.2) is 33.7 Å². The van der Waals surface area contributed by atoms with Crippen molar-refractivity contribution >= 4 is 33.2 Å². The van der Waals surface area contributed by atoms with E-state index in [1.807, 2.05) is 0 Å². The number of unbranched alkanes of at least 4 members (excludes halogenated alkanes) is 1. The van der Waals surface area contributed by atoms with Crippen LogP contribution in [0.5, 0.6) is 0 Å². The van der Waals surface area contributed by atoms with Crippen LogP contribution in [-0.2, 0) is 14.8 Å². The van der Waals surface area contributed by atoms with Crippen LogP contribution < -0.4 is 9.62 Å². The van der Waals surface area contributed by atoms with Gasteiger partial charge in [0.1, 0.15) is 0 Å². The molecule has 148 valence electrons. The van der Waals surface area contributed by atoms with E-state index in [1.54, 1.807) is 24.3 Å². The van der Waals surface area contributed by atoms with Crippen molar-refractivity contribution in [2.75, 3.05) is 23.7 Å². The SMILES string of the molecule is CCCC[C@H](CC)CNC(=O)CCCN(c1ccc(Cl)cc1)S(C)(=O)=O. The maximum absolute atomic E-state index is 12.1. The predicted octanol–water partition coefficient (Wildman–Crippen LogP) is 4.22. The van der Waals surface area contributed by atoms with Gasteiger partial charge in [0.2, 0.25) is 15.9 Å². The fourth-order valence-electron chi connectivity index (χ4n) is 2.77. The molecule has 1 N–H and O–H groups in total. The van der Waals surface area contributed by atoms with Crippen molar-refractivity contribution in [3.8, 4) is 0 Å². The van der Waals surface area contributed by atoms with Gasteiger partial charge in [0.05, 0.1) is 11.9 Å². The second-order valence-corrected chi connectivity index (χ2v) is 8.98. The number of amides is 1. The number of sulfonamides is 1. The summed E-state index contributed by atoms with van der Waals surface area (Å²) < 4.78 is 25.4. The molecule has 1 aromatic rings. The van der Waals surface area contributed by atoms with Crippen LogP contribution in [0.3, 0.4) is 0 Å². The van der Waals surface area contributed by atoms with E-state index < -0.39 is 10.0 Å². The van der Waals surface area contributed by atoms with Gasteiger partial charge in [-0.1, -0.05) is 44.7 Å². The number of nitrogens with one attached hydrogen (secondary N) is 1. The number of halogens is 1. The molecule has 1 aromatic carbocycles. The van der Waals surface area contributed by atoms with Crippen molar-refractivity contribution < 1.29 is 13.2 Å². The average molecular weight is 403 g/mol. The van der Waals surface area contributed by atoms with Gasteiger partial charge >= 0.3 is 0 Å². The molecule has 0 bridgehead atoms. The van der Waals surface area contributed by atoms with E-state index in [9.17, 15) is 13.2 Å². The fraction of sp³-hybridized carbons (Fsp3) is 0.632. The Hall–Kier alpha value is -1.27. The third-order valence-electron chi connectivity index (χ3n) is 4.41. The molecule has 1 rings (SSSR count). The Balaban J connectivity index is 2.49. The van der Waals surface area contributed by atoms with Crippen LogP contribution in [0.4, 0.5) is 5.69 Å². The first-order valence-corrected chi connectivity index (χ1v) is 11.5. The summed E-state index contributed by atoms with van der Waals surface area (Å²) in [5, 5.41) is 3.53. The lowest BCUT2D eigenvalue weighted by molar-refractivity contribution is -0.121. The van der Waals surface area contributed by atoms with Crippen LogP contribution in [0, 0.1) is 5.92 Å². The van der Waals surface area contributed by atoms with Crippen molar-refractivity contribution in [3.63, 3.8) is 0 Å². The normalized spacial score (nSPS) is 12.6. The molecule has 0 aromatic heterocycles. The van der Waals surface area contributed by atoms with Gasteiger partial charge in [-0.05, 0) is 43.0 Å². The van der Waals surface area contributed by atoms with Crippen molar-refractivity contribution in [2.24, 2.45) is 5.92 Å². The maximum atomic E-state index is 12.1. The average Bonchev–Trinajstić information content (AvgIpc) is 2.59. The summed E-state index contributed by atoms with van der Waals surface area (Å²) in [6.45, 7) is 5.27. The number of carbonyl (C=O) groups excluding carboxylic acids is 1. The van der Waals surface area contributed by atoms with Crippen LogP contribution >= 0.6 is 11.6 Å². The molecule has 26 heavy (non-hydrogen) atoms. The van der Waals surface area contributed by atoms with Gasteiger partial charge in [-0.25, -0.2) is 8.42 Å². The van der Waals surface area contributed by atoms with Gasteiger partial charge in [-0.2, -0.15) is 0 Å². The zero-order chi connectivity index (χ0) is 19.6. The first-order chi connectivity index (χ1) is 12.3. The molecule has 0 aliphatic heterocycles. The molecule has 0 aliphatic rings. The molecule has 0 aliphatic carbocycles. The van der Waals surface area contributed by atoms with Gasteiger partial charge in [-0.3, -0.25) is 9.10 Å². The van der Waals surface area contributed by atoms with E-state index in [1.165, 1.54) is 17.0 Å². The number of hydrogen-bond acceptors (Lipinski definition) is 3. The van der Waals surface area contributed by atoms with E-state index >= 15 is 0 Å². The molecule has 1 atom stereocenters. The Labute approximate surface area is 163 Å². The number of nitrogens with zero attached hydrogens (tertiary/aromatic N) is 1. The Kier molecular flexibility index (Phi) is 10.0. The van der Waals surface area contributed by atoms with Crippen molar-refractivity contribution in [3.05, 3.63) is 29.3 Å². The zero-order valence-electron chi connectivity index (χ0n) is 16.0. The Morgan fingerprint density at radius 2 is 1.85 bits per heavy atom. The van der Waals surface area contributed by atoms with Gasteiger partial charge in [0, 0.05) is 24.5 Å². The van der Waals surface area contributed by atoms with Crippen LogP contribution in [0.15, 0.2) is 24.3 Å². The highest BCUT2D eigenvalue weighted by Gasteiger charge is 2.17. The standard InChI is InChI=1S/C19H31ClN2O3S/c1-4-6-8-16(5-2)15-21-19(23)9-7-14-22(26(3,24)25)18-12-10-17(20)11-13-18/h10-13,16H,4-9,14-15H2,1-3H3,(H,21,23)/t16-/m0/s1. The molecular formula is C19H31ClN2O3S. The summed E-state index contributed by atoms with van der Waals surface area (Å²) in [6, 6.07) is 6.65. The van der Waals surface area contributed by atoms with Gasteiger partial charge in [0.25, 0.3) is 0 Å². The minimum Gasteiger partial charge on any atom is -0.356 e. The van der Waals surface area contributed by atoms with Crippen molar-refractivity contribution in [1.29, 1.82) is 0 Å². The van der Waals surface area contributed by atoms with Crippen molar-refractivity contribution in [1.82, 2.24) is 5.32 Å². The lowest BCUT2D eigenvalue weighted by Crippen LogP contribution is -2.33. The highest BCUT2D eigenvalue weighted by Crippen LogP contribution is 2.21. The minimum atomic E-state index is -3.41. The fourth-order valence-corrected chi connectivity index (χ4v) is 3.86. The van der Waals surface area contributed by atoms with Gasteiger partial charge in [0.15, 0.2) is 0 Å². The second kappa shape index (κ2) is 11.4. The lowest BCUT2D eigenvalue weighted by atomic mass is 9.99. The zero-order valence-corrected chi connectivity index (χ0v) is 17.6. The molecule has 1 amide bonds. The predicted molar refractivity (Wildman–Crippen MR) is 109 cm³/mol. The third-order valence-corrected chi connectivity index (χ3v) is 5.86. The molecule has 0 radical (unpaired) electrons. The van der Waals surface area contributed by atoms with Crippen LogP contribution in [0.1, 0.15) is 52.4 Å². The van der Waals surface area contributed by atoms with E-state index in [0.717, 1.165) is 19.3 Å². The largest absolute Gasteiger partial charge is 0.356 e. The highest BCUT2D eigenvalue weighted by atomic mass is 35.5. The number of benzene rings is 1. The first-order valence-electron chi connectivity index (χ1n) is 9.27. The van der Waals surface area contributed by atoms with Gasteiger partial charge in [-0.15, -0.1) is 0 Å². The molecule has 7 heteroatoms. The van der Waals surface area contributed by atoms with E-state index in [-0.39, 0.29) is 12.5 Å². The highest BCUT2D eigenvalue weighted by molar-refractivity contribution is 7.92. The van der Waals surface area contributed by atoms with Crippen molar-refractivity contribution in [2.45, 2.75) is 52.4 Å². The van der Waals surface area contributed by atoms with E-state index in [2.05, 4.69) is 19.2 Å². The topological polar surface area (TPSA) is 66.5 Å². The number of carbonyl (C=O) groups is 1. The molecule has 0 saturated carbocycles. The summed E-state index contributed by atoms with van der Waals surface area (Å²) in [5.41, 5.74) is 0.558. The second-order valence-electron chi connectivity index (χ2n) is 6.64. The third kappa shape index (κ3) is 8.41.